The summed E-state index contributed by atoms with van der Waals surface area (Å²) in [5, 5.41) is 0. The van der Waals surface area contributed by atoms with Gasteiger partial charge in [-0.05, 0) is 24.3 Å². The summed E-state index contributed by atoms with van der Waals surface area (Å²) in [5.74, 6) is 0. The third kappa shape index (κ3) is 9.22. The predicted molar refractivity (Wildman–Crippen MR) is 55.8 cm³/mol. The van der Waals surface area contributed by atoms with E-state index in [9.17, 15) is 0 Å². The lowest BCUT2D eigenvalue weighted by Gasteiger charge is -2.08. The highest BCUT2D eigenvalue weighted by molar-refractivity contribution is 5.02. The molecule has 0 unspecified atom stereocenters. The van der Waals surface area contributed by atoms with Gasteiger partial charge in [0.25, 0.3) is 0 Å². The smallest absolute Gasteiger partial charge is 0.0129 e. The monoisotopic (exact) mass is 163 g/mol. The van der Waals surface area contributed by atoms with Crippen molar-refractivity contribution in [1.29, 1.82) is 0 Å². The lowest BCUT2D eigenvalue weighted by atomic mass is 9.96. The van der Waals surface area contributed by atoms with E-state index >= 15 is 0 Å². The van der Waals surface area contributed by atoms with E-state index in [4.69, 9.17) is 0 Å². The number of hydrogen-bond donors (Lipinski definition) is 0. The van der Waals surface area contributed by atoms with Crippen LogP contribution < -0.4 is 0 Å². The summed E-state index contributed by atoms with van der Waals surface area (Å²) in [6.45, 7) is 10.1. The van der Waals surface area contributed by atoms with E-state index in [0.29, 0.717) is 0 Å². The van der Waals surface area contributed by atoms with Gasteiger partial charge in [0.05, 0.1) is 0 Å². The highest BCUT2D eigenvalue weighted by Gasteiger charge is 2.02. The van der Waals surface area contributed by atoms with E-state index in [1.165, 1.54) is 0 Å². The summed E-state index contributed by atoms with van der Waals surface area (Å²) in [5.41, 5.74) is 0.169. The molecule has 12 heavy (non-hydrogen) atoms. The summed E-state index contributed by atoms with van der Waals surface area (Å²) in [6, 6.07) is 0. The standard InChI is InChI=1S/C12H19/c1-5-6-7-8-9-10-11-12(2,3)4/h5,8-10H,1,6-7H2,2-4H3. The molecule has 0 aliphatic carbocycles. The Labute approximate surface area is 76.7 Å². The summed E-state index contributed by atoms with van der Waals surface area (Å²) in [7, 11) is 0. The van der Waals surface area contributed by atoms with Crippen molar-refractivity contribution in [2.24, 2.45) is 5.41 Å². The van der Waals surface area contributed by atoms with Crippen LogP contribution in [0.4, 0.5) is 0 Å². The average molecular weight is 163 g/mol. The molecule has 0 N–H and O–H groups in total. The van der Waals surface area contributed by atoms with Gasteiger partial charge in [-0.15, -0.1) is 6.58 Å². The summed E-state index contributed by atoms with van der Waals surface area (Å²) in [4.78, 5) is 0. The first-order valence-electron chi connectivity index (χ1n) is 4.43. The quantitative estimate of drug-likeness (QED) is 0.335. The topological polar surface area (TPSA) is 0 Å². The van der Waals surface area contributed by atoms with Gasteiger partial charge in [-0.2, -0.15) is 0 Å². The van der Waals surface area contributed by atoms with Gasteiger partial charge in [-0.25, -0.2) is 0 Å². The molecule has 0 bridgehead atoms. The van der Waals surface area contributed by atoms with Crippen LogP contribution in [0.15, 0.2) is 30.9 Å². The Morgan fingerprint density at radius 3 is 2.42 bits per heavy atom. The van der Waals surface area contributed by atoms with Crippen molar-refractivity contribution in [2.45, 2.75) is 33.6 Å². The van der Waals surface area contributed by atoms with E-state index in [1.807, 2.05) is 12.2 Å². The molecular weight excluding hydrogens is 144 g/mol. The van der Waals surface area contributed by atoms with Crippen LogP contribution in [0.2, 0.25) is 0 Å². The fourth-order valence-corrected chi connectivity index (χ4v) is 0.676. The minimum absolute atomic E-state index is 0.169. The molecular formula is C12H19. The van der Waals surface area contributed by atoms with Crippen LogP contribution >= 0.6 is 0 Å². The molecule has 0 rings (SSSR count). The first-order chi connectivity index (χ1) is 5.56. The van der Waals surface area contributed by atoms with Gasteiger partial charge in [0, 0.05) is 0 Å². The van der Waals surface area contributed by atoms with E-state index in [0.717, 1.165) is 12.8 Å². The maximum absolute atomic E-state index is 3.66. The molecule has 0 aromatic rings. The Kier molecular flexibility index (Phi) is 5.44. The van der Waals surface area contributed by atoms with Gasteiger partial charge in [-0.3, -0.25) is 0 Å². The molecule has 0 saturated heterocycles. The summed E-state index contributed by atoms with van der Waals surface area (Å²) < 4.78 is 0. The first-order valence-corrected chi connectivity index (χ1v) is 4.43. The van der Waals surface area contributed by atoms with Crippen LogP contribution in [0.25, 0.3) is 0 Å². The molecule has 0 aliphatic rings. The first kappa shape index (κ1) is 11.2. The zero-order valence-corrected chi connectivity index (χ0v) is 8.43. The number of rotatable bonds is 4. The normalized spacial score (nSPS) is 12.9. The van der Waals surface area contributed by atoms with Gasteiger partial charge in [0.15, 0.2) is 0 Å². The van der Waals surface area contributed by atoms with Crippen molar-refractivity contribution in [1.82, 2.24) is 0 Å². The molecule has 0 amide bonds. The Morgan fingerprint density at radius 2 is 1.92 bits per heavy atom. The maximum atomic E-state index is 3.66. The second-order valence-corrected chi connectivity index (χ2v) is 3.86. The SMILES string of the molecule is C=CCCC=CC=[C]C(C)(C)C. The molecule has 67 valence electrons. The fraction of sp³-hybridized carbons (Fsp3) is 0.500. The number of hydrogen-bond acceptors (Lipinski definition) is 0. The lowest BCUT2D eigenvalue weighted by Crippen LogP contribution is -1.98. The summed E-state index contributed by atoms with van der Waals surface area (Å²) >= 11 is 0. The van der Waals surface area contributed by atoms with E-state index < -0.39 is 0 Å². The van der Waals surface area contributed by atoms with Crippen molar-refractivity contribution in [2.75, 3.05) is 0 Å². The molecule has 0 heteroatoms. The van der Waals surface area contributed by atoms with Crippen LogP contribution in [-0.2, 0) is 0 Å². The molecule has 0 nitrogen and oxygen atoms in total. The van der Waals surface area contributed by atoms with Gasteiger partial charge >= 0.3 is 0 Å². The minimum atomic E-state index is 0.169. The number of unbranched alkanes of at least 4 members (excludes halogenated alkanes) is 1. The second-order valence-electron chi connectivity index (χ2n) is 3.86. The van der Waals surface area contributed by atoms with Crippen LogP contribution in [0.3, 0.4) is 0 Å². The zero-order chi connectivity index (χ0) is 9.45. The Balaban J connectivity index is 3.59. The molecule has 0 aliphatic heterocycles. The molecule has 1 radical (unpaired) electrons. The highest BCUT2D eigenvalue weighted by Crippen LogP contribution is 2.12. The molecule has 0 spiro atoms. The molecule has 0 atom stereocenters. The summed E-state index contributed by atoms with van der Waals surface area (Å²) in [6.07, 6.45) is 13.5. The molecule has 0 fully saturated rings. The second kappa shape index (κ2) is 5.82. The Bertz CT molecular complexity index is 165. The van der Waals surface area contributed by atoms with Crippen molar-refractivity contribution >= 4 is 0 Å². The van der Waals surface area contributed by atoms with Crippen LogP contribution in [0.5, 0.6) is 0 Å². The Morgan fingerprint density at radius 1 is 1.25 bits per heavy atom. The van der Waals surface area contributed by atoms with E-state index in [-0.39, 0.29) is 5.41 Å². The van der Waals surface area contributed by atoms with Crippen molar-refractivity contribution in [3.8, 4) is 0 Å². The third-order valence-electron chi connectivity index (χ3n) is 1.29. The van der Waals surface area contributed by atoms with E-state index in [1.54, 1.807) is 0 Å². The third-order valence-corrected chi connectivity index (χ3v) is 1.29. The van der Waals surface area contributed by atoms with Crippen LogP contribution in [-0.4, -0.2) is 0 Å². The van der Waals surface area contributed by atoms with Crippen LogP contribution in [0.1, 0.15) is 33.6 Å². The largest absolute Gasteiger partial charge is 0.103 e. The van der Waals surface area contributed by atoms with Gasteiger partial charge < -0.3 is 0 Å². The van der Waals surface area contributed by atoms with Gasteiger partial charge in [0.2, 0.25) is 0 Å². The highest BCUT2D eigenvalue weighted by atomic mass is 14.1. The van der Waals surface area contributed by atoms with Crippen LogP contribution in [0, 0.1) is 11.5 Å². The van der Waals surface area contributed by atoms with Gasteiger partial charge in [0.1, 0.15) is 0 Å². The predicted octanol–water partition coefficient (Wildman–Crippen LogP) is 3.91. The fourth-order valence-electron chi connectivity index (χ4n) is 0.676. The lowest BCUT2D eigenvalue weighted by molar-refractivity contribution is 0.524. The molecule has 0 heterocycles. The molecule has 0 saturated carbocycles. The van der Waals surface area contributed by atoms with Crippen molar-refractivity contribution in [3.05, 3.63) is 37.0 Å². The zero-order valence-electron chi connectivity index (χ0n) is 8.43. The maximum Gasteiger partial charge on any atom is -0.0129 e. The van der Waals surface area contributed by atoms with E-state index in [2.05, 4.69) is 45.6 Å². The van der Waals surface area contributed by atoms with Crippen molar-refractivity contribution in [3.63, 3.8) is 0 Å². The Hall–Kier alpha value is -0.780. The number of allylic oxidation sites excluding steroid dienone is 5. The minimum Gasteiger partial charge on any atom is -0.103 e. The van der Waals surface area contributed by atoms with Gasteiger partial charge in [-0.1, -0.05) is 45.1 Å². The molecule has 0 aromatic carbocycles. The molecule has 0 aromatic heterocycles. The van der Waals surface area contributed by atoms with Crippen molar-refractivity contribution < 1.29 is 0 Å². The average Bonchev–Trinajstić information content (AvgIpc) is 1.94.